The number of hydrogen-bond donors (Lipinski definition) is 0. The van der Waals surface area contributed by atoms with Crippen molar-refractivity contribution in [3.8, 4) is 0 Å². The lowest BCUT2D eigenvalue weighted by Gasteiger charge is -2.32. The highest BCUT2D eigenvalue weighted by molar-refractivity contribution is 5.92. The largest absolute Gasteiger partial charge is 0.370 e. The third-order valence-corrected chi connectivity index (χ3v) is 4.77. The predicted octanol–water partition coefficient (Wildman–Crippen LogP) is 3.24. The van der Waals surface area contributed by atoms with Crippen LogP contribution >= 0.6 is 0 Å². The fraction of sp³-hybridized carbons (Fsp3) is 0.550. The van der Waals surface area contributed by atoms with Crippen LogP contribution in [0.1, 0.15) is 61.4 Å². The Hall–Kier alpha value is -2.21. The maximum absolute atomic E-state index is 13.0. The van der Waals surface area contributed by atoms with Gasteiger partial charge < -0.3 is 9.64 Å². The highest BCUT2D eigenvalue weighted by atomic mass is 16.5. The number of carbonyl (C=O) groups is 1. The van der Waals surface area contributed by atoms with Gasteiger partial charge in [0.15, 0.2) is 0 Å². The molecule has 26 heavy (non-hydrogen) atoms. The molecule has 6 heteroatoms. The number of aryl methyl sites for hydroxylation is 1. The number of carbonyl (C=O) groups excluding carboxylic acids is 1. The van der Waals surface area contributed by atoms with Crippen LogP contribution in [-0.2, 0) is 17.9 Å². The molecule has 6 nitrogen and oxygen atoms in total. The summed E-state index contributed by atoms with van der Waals surface area (Å²) in [5, 5.41) is 4.57. The van der Waals surface area contributed by atoms with Crippen molar-refractivity contribution in [3.63, 3.8) is 0 Å². The van der Waals surface area contributed by atoms with Gasteiger partial charge in [0, 0.05) is 25.8 Å². The Bertz CT molecular complexity index is 727. The van der Waals surface area contributed by atoms with Crippen LogP contribution < -0.4 is 0 Å². The second-order valence-corrected chi connectivity index (χ2v) is 7.07. The summed E-state index contributed by atoms with van der Waals surface area (Å²) in [5.74, 6) is 0.363. The van der Waals surface area contributed by atoms with Crippen LogP contribution in [0.3, 0.4) is 0 Å². The summed E-state index contributed by atoms with van der Waals surface area (Å²) in [4.78, 5) is 19.2. The quantitative estimate of drug-likeness (QED) is 0.797. The van der Waals surface area contributed by atoms with Gasteiger partial charge in [-0.25, -0.2) is 0 Å². The van der Waals surface area contributed by atoms with Gasteiger partial charge in [-0.05, 0) is 43.9 Å². The molecule has 1 amide bonds. The van der Waals surface area contributed by atoms with Crippen molar-refractivity contribution in [1.29, 1.82) is 0 Å². The highest BCUT2D eigenvalue weighted by Gasteiger charge is 2.27. The molecule has 1 fully saturated rings. The molecule has 3 heterocycles. The average Bonchev–Trinajstić information content (AvgIpc) is 3.11. The van der Waals surface area contributed by atoms with Gasteiger partial charge in [-0.1, -0.05) is 19.9 Å². The molecule has 0 radical (unpaired) electrons. The van der Waals surface area contributed by atoms with Gasteiger partial charge in [-0.3, -0.25) is 14.5 Å². The Morgan fingerprint density at radius 1 is 1.38 bits per heavy atom. The minimum absolute atomic E-state index is 0.0530. The van der Waals surface area contributed by atoms with E-state index in [9.17, 15) is 4.79 Å². The third kappa shape index (κ3) is 4.30. The van der Waals surface area contributed by atoms with Gasteiger partial charge in [0.2, 0.25) is 0 Å². The molecule has 2 aromatic rings. The van der Waals surface area contributed by atoms with E-state index >= 15 is 0 Å². The summed E-state index contributed by atoms with van der Waals surface area (Å²) >= 11 is 0. The smallest absolute Gasteiger partial charge is 0.272 e. The highest BCUT2D eigenvalue weighted by Crippen LogP contribution is 2.20. The molecule has 0 unspecified atom stereocenters. The molecule has 0 aliphatic carbocycles. The van der Waals surface area contributed by atoms with E-state index in [-0.39, 0.29) is 12.0 Å². The maximum Gasteiger partial charge on any atom is 0.272 e. The number of aromatic nitrogens is 3. The van der Waals surface area contributed by atoms with Gasteiger partial charge in [-0.15, -0.1) is 0 Å². The molecule has 0 bridgehead atoms. The second-order valence-electron chi connectivity index (χ2n) is 7.07. The zero-order valence-corrected chi connectivity index (χ0v) is 15.9. The van der Waals surface area contributed by atoms with E-state index in [0.717, 1.165) is 30.8 Å². The number of likely N-dealkylation sites (tertiary alicyclic amines) is 1. The third-order valence-electron chi connectivity index (χ3n) is 4.77. The molecule has 0 aromatic carbocycles. The Morgan fingerprint density at radius 3 is 2.92 bits per heavy atom. The van der Waals surface area contributed by atoms with E-state index in [1.807, 2.05) is 40.8 Å². The molecule has 0 saturated carbocycles. The van der Waals surface area contributed by atoms with Crippen molar-refractivity contribution in [1.82, 2.24) is 19.7 Å². The first-order chi connectivity index (χ1) is 12.6. The number of ether oxygens (including phenoxy) is 1. The van der Waals surface area contributed by atoms with Gasteiger partial charge in [0.25, 0.3) is 5.91 Å². The SMILES string of the molecule is CCn1nc(C(C)C)cc1C(=O)N1CCC[C@@H](OCc2ccccn2)C1. The van der Waals surface area contributed by atoms with Gasteiger partial charge in [0.1, 0.15) is 5.69 Å². The van der Waals surface area contributed by atoms with E-state index in [2.05, 4.69) is 23.9 Å². The lowest BCUT2D eigenvalue weighted by molar-refractivity contribution is -0.00817. The summed E-state index contributed by atoms with van der Waals surface area (Å²) in [6, 6.07) is 7.75. The van der Waals surface area contributed by atoms with Crippen molar-refractivity contribution in [2.75, 3.05) is 13.1 Å². The van der Waals surface area contributed by atoms with Crippen LogP contribution in [0, 0.1) is 0 Å². The first-order valence-electron chi connectivity index (χ1n) is 9.47. The molecular weight excluding hydrogens is 328 g/mol. The Morgan fingerprint density at radius 2 is 2.23 bits per heavy atom. The molecule has 1 saturated heterocycles. The number of amides is 1. The van der Waals surface area contributed by atoms with Gasteiger partial charge in [0.05, 0.1) is 24.1 Å². The van der Waals surface area contributed by atoms with E-state index in [1.165, 1.54) is 0 Å². The molecule has 1 atom stereocenters. The van der Waals surface area contributed by atoms with Crippen LogP contribution in [0.4, 0.5) is 0 Å². The number of pyridine rings is 1. The van der Waals surface area contributed by atoms with Crippen molar-refractivity contribution < 1.29 is 9.53 Å². The molecule has 2 aromatic heterocycles. The molecule has 0 spiro atoms. The molecular formula is C20H28N4O2. The standard InChI is InChI=1S/C20H28N4O2/c1-4-24-19(12-18(22-24)15(2)3)20(25)23-11-7-9-17(13-23)26-14-16-8-5-6-10-21-16/h5-6,8,10,12,15,17H,4,7,9,11,13-14H2,1-3H3/t17-/m1/s1. The molecule has 1 aliphatic rings. The Labute approximate surface area is 155 Å². The van der Waals surface area contributed by atoms with Crippen LogP contribution in [0.2, 0.25) is 0 Å². The van der Waals surface area contributed by atoms with Crippen molar-refractivity contribution in [3.05, 3.63) is 47.5 Å². The number of rotatable bonds is 6. The lowest BCUT2D eigenvalue weighted by atomic mass is 10.1. The summed E-state index contributed by atoms with van der Waals surface area (Å²) in [6.07, 6.45) is 3.75. The lowest BCUT2D eigenvalue weighted by Crippen LogP contribution is -2.43. The maximum atomic E-state index is 13.0. The summed E-state index contributed by atoms with van der Waals surface area (Å²) in [6.45, 7) is 8.78. The summed E-state index contributed by atoms with van der Waals surface area (Å²) in [5.41, 5.74) is 2.57. The van der Waals surface area contributed by atoms with Crippen molar-refractivity contribution in [2.24, 2.45) is 0 Å². The summed E-state index contributed by atoms with van der Waals surface area (Å²) < 4.78 is 7.82. The van der Waals surface area contributed by atoms with E-state index in [0.29, 0.717) is 31.3 Å². The predicted molar refractivity (Wildman–Crippen MR) is 99.9 cm³/mol. The van der Waals surface area contributed by atoms with Gasteiger partial charge in [-0.2, -0.15) is 5.10 Å². The van der Waals surface area contributed by atoms with Crippen LogP contribution in [0.5, 0.6) is 0 Å². The number of piperidine rings is 1. The van der Waals surface area contributed by atoms with Crippen LogP contribution in [0.15, 0.2) is 30.5 Å². The fourth-order valence-corrected chi connectivity index (χ4v) is 3.24. The number of nitrogens with zero attached hydrogens (tertiary/aromatic N) is 4. The van der Waals surface area contributed by atoms with Crippen LogP contribution in [0.25, 0.3) is 0 Å². The minimum Gasteiger partial charge on any atom is -0.370 e. The number of hydrogen-bond acceptors (Lipinski definition) is 4. The Balaban J connectivity index is 1.64. The summed E-state index contributed by atoms with van der Waals surface area (Å²) in [7, 11) is 0. The molecule has 1 aliphatic heterocycles. The fourth-order valence-electron chi connectivity index (χ4n) is 3.24. The second kappa shape index (κ2) is 8.45. The van der Waals surface area contributed by atoms with Crippen molar-refractivity contribution in [2.45, 2.75) is 58.8 Å². The van der Waals surface area contributed by atoms with Crippen molar-refractivity contribution >= 4 is 5.91 Å². The average molecular weight is 356 g/mol. The minimum atomic E-state index is 0.0530. The van der Waals surface area contributed by atoms with E-state index in [1.54, 1.807) is 6.20 Å². The molecule has 0 N–H and O–H groups in total. The molecule has 3 rings (SSSR count). The van der Waals surface area contributed by atoms with Gasteiger partial charge >= 0.3 is 0 Å². The van der Waals surface area contributed by atoms with E-state index < -0.39 is 0 Å². The Kier molecular flexibility index (Phi) is 6.04. The monoisotopic (exact) mass is 356 g/mol. The normalized spacial score (nSPS) is 17.7. The first kappa shape index (κ1) is 18.6. The first-order valence-corrected chi connectivity index (χ1v) is 9.47. The van der Waals surface area contributed by atoms with Crippen LogP contribution in [-0.4, -0.2) is 44.8 Å². The zero-order chi connectivity index (χ0) is 18.5. The zero-order valence-electron chi connectivity index (χ0n) is 15.9. The molecule has 140 valence electrons. The van der Waals surface area contributed by atoms with E-state index in [4.69, 9.17) is 4.74 Å². The topological polar surface area (TPSA) is 60.2 Å².